The number of aromatic nitrogens is 2. The van der Waals surface area contributed by atoms with Gasteiger partial charge in [-0.05, 0) is 34.1 Å². The third-order valence-corrected chi connectivity index (χ3v) is 3.02. The van der Waals surface area contributed by atoms with Crippen LogP contribution >= 0.6 is 15.9 Å². The van der Waals surface area contributed by atoms with E-state index in [1.54, 1.807) is 6.07 Å². The lowest BCUT2D eigenvalue weighted by molar-refractivity contribution is 0.0690. The summed E-state index contributed by atoms with van der Waals surface area (Å²) in [7, 11) is 1.41. The molecule has 0 amide bonds. The Labute approximate surface area is 110 Å². The first-order valence-electron chi connectivity index (χ1n) is 4.89. The van der Waals surface area contributed by atoms with Gasteiger partial charge in [-0.15, -0.1) is 0 Å². The lowest BCUT2D eigenvalue weighted by atomic mass is 10.1. The number of hydrogen-bond donors (Lipinski definition) is 3. The van der Waals surface area contributed by atoms with E-state index >= 15 is 0 Å². The molecule has 0 atom stereocenters. The van der Waals surface area contributed by atoms with Crippen molar-refractivity contribution in [3.63, 3.8) is 0 Å². The van der Waals surface area contributed by atoms with Crippen LogP contribution in [-0.4, -0.2) is 33.5 Å². The molecule has 0 aliphatic heterocycles. The van der Waals surface area contributed by atoms with E-state index in [-0.39, 0.29) is 17.2 Å². The molecule has 0 spiro atoms. The second-order valence-corrected chi connectivity index (χ2v) is 4.30. The number of H-pyrrole nitrogens is 1. The molecular weight excluding hydrogens is 304 g/mol. The van der Waals surface area contributed by atoms with E-state index < -0.39 is 5.97 Å². The first kappa shape index (κ1) is 12.4. The second kappa shape index (κ2) is 4.69. The first-order valence-corrected chi connectivity index (χ1v) is 5.68. The molecule has 94 valence electrons. The highest BCUT2D eigenvalue weighted by atomic mass is 79.9. The monoisotopic (exact) mass is 312 g/mol. The Morgan fingerprint density at radius 1 is 1.50 bits per heavy atom. The first-order chi connectivity index (χ1) is 8.54. The fourth-order valence-corrected chi connectivity index (χ4v) is 2.07. The van der Waals surface area contributed by atoms with Crippen LogP contribution in [-0.2, 0) is 0 Å². The van der Waals surface area contributed by atoms with E-state index in [1.165, 1.54) is 19.2 Å². The van der Waals surface area contributed by atoms with Crippen molar-refractivity contribution in [2.45, 2.75) is 0 Å². The summed E-state index contributed by atoms with van der Waals surface area (Å²) in [6, 6.07) is 4.46. The van der Waals surface area contributed by atoms with Crippen molar-refractivity contribution in [1.29, 1.82) is 0 Å². The molecule has 0 radical (unpaired) electrons. The number of nitrogens with one attached hydrogen (secondary N) is 1. The van der Waals surface area contributed by atoms with Gasteiger partial charge in [0.15, 0.2) is 11.5 Å². The van der Waals surface area contributed by atoms with E-state index in [2.05, 4.69) is 26.1 Å². The van der Waals surface area contributed by atoms with Crippen molar-refractivity contribution in [2.75, 3.05) is 7.11 Å². The van der Waals surface area contributed by atoms with Crippen LogP contribution < -0.4 is 4.74 Å². The zero-order valence-corrected chi connectivity index (χ0v) is 10.9. The molecule has 1 aromatic heterocycles. The highest BCUT2D eigenvalue weighted by Crippen LogP contribution is 2.41. The molecule has 0 saturated heterocycles. The minimum atomic E-state index is -1.11. The summed E-state index contributed by atoms with van der Waals surface area (Å²) < 4.78 is 5.74. The van der Waals surface area contributed by atoms with Crippen molar-refractivity contribution in [3.05, 3.63) is 28.4 Å². The molecule has 1 heterocycles. The van der Waals surface area contributed by atoms with Crippen molar-refractivity contribution in [2.24, 2.45) is 0 Å². The van der Waals surface area contributed by atoms with E-state index in [0.29, 0.717) is 15.7 Å². The molecule has 0 saturated carbocycles. The van der Waals surface area contributed by atoms with Gasteiger partial charge in [0.05, 0.1) is 18.4 Å². The molecule has 7 heteroatoms. The molecule has 0 bridgehead atoms. The highest BCUT2D eigenvalue weighted by Gasteiger charge is 2.18. The summed E-state index contributed by atoms with van der Waals surface area (Å²) in [5, 5.41) is 24.8. The highest BCUT2D eigenvalue weighted by molar-refractivity contribution is 9.10. The quantitative estimate of drug-likeness (QED) is 0.808. The van der Waals surface area contributed by atoms with Gasteiger partial charge in [0.25, 0.3) is 0 Å². The number of carbonyl (C=O) groups is 1. The fourth-order valence-electron chi connectivity index (χ4n) is 1.55. The van der Waals surface area contributed by atoms with Crippen LogP contribution in [0.1, 0.15) is 10.5 Å². The summed E-state index contributed by atoms with van der Waals surface area (Å²) in [5.41, 5.74) is 0.815. The number of phenolic OH excluding ortho intramolecular Hbond substituents is 1. The molecule has 2 rings (SSSR count). The minimum absolute atomic E-state index is 0.0395. The Morgan fingerprint density at radius 3 is 2.78 bits per heavy atom. The average molecular weight is 313 g/mol. The SMILES string of the molecule is COc1c(O)ccc(Br)c1-c1cc(C(=O)O)[nH]n1. The molecule has 1 aromatic carbocycles. The second-order valence-electron chi connectivity index (χ2n) is 3.45. The fraction of sp³-hybridized carbons (Fsp3) is 0.0909. The summed E-state index contributed by atoms with van der Waals surface area (Å²) in [6.07, 6.45) is 0. The van der Waals surface area contributed by atoms with E-state index in [4.69, 9.17) is 9.84 Å². The predicted molar refractivity (Wildman–Crippen MR) is 66.9 cm³/mol. The topological polar surface area (TPSA) is 95.4 Å². The van der Waals surface area contributed by atoms with E-state index in [1.807, 2.05) is 0 Å². The van der Waals surface area contributed by atoms with Gasteiger partial charge in [0.2, 0.25) is 0 Å². The Balaban J connectivity index is 2.62. The van der Waals surface area contributed by atoms with E-state index in [9.17, 15) is 9.90 Å². The molecule has 0 aliphatic rings. The van der Waals surface area contributed by atoms with Crippen LogP contribution in [0.15, 0.2) is 22.7 Å². The molecule has 0 fully saturated rings. The third-order valence-electron chi connectivity index (χ3n) is 2.35. The molecule has 0 aliphatic carbocycles. The number of halogens is 1. The Kier molecular flexibility index (Phi) is 3.24. The van der Waals surface area contributed by atoms with Crippen LogP contribution in [0.2, 0.25) is 0 Å². The Morgan fingerprint density at radius 2 is 2.22 bits per heavy atom. The smallest absolute Gasteiger partial charge is 0.353 e. The molecule has 6 nitrogen and oxygen atoms in total. The number of carboxylic acids is 1. The van der Waals surface area contributed by atoms with Gasteiger partial charge in [-0.1, -0.05) is 0 Å². The molecule has 0 unspecified atom stereocenters. The average Bonchev–Trinajstić information content (AvgIpc) is 2.81. The summed E-state index contributed by atoms with van der Waals surface area (Å²) >= 11 is 3.31. The standard InChI is InChI=1S/C11H9BrN2O4/c1-18-10-8(15)3-2-5(12)9(10)6-4-7(11(16)17)14-13-6/h2-4,15H,1H3,(H,13,14)(H,16,17). The normalized spacial score (nSPS) is 10.3. The van der Waals surface area contributed by atoms with Crippen LogP contribution in [0, 0.1) is 0 Å². The largest absolute Gasteiger partial charge is 0.504 e. The maximum atomic E-state index is 10.8. The van der Waals surface area contributed by atoms with Gasteiger partial charge >= 0.3 is 5.97 Å². The maximum absolute atomic E-state index is 10.8. The Bertz CT molecular complexity index is 609. The van der Waals surface area contributed by atoms with Crippen LogP contribution in [0.5, 0.6) is 11.5 Å². The number of carboxylic acid groups (broad SMARTS) is 1. The maximum Gasteiger partial charge on any atom is 0.353 e. The van der Waals surface area contributed by atoms with Crippen LogP contribution in [0.3, 0.4) is 0 Å². The summed E-state index contributed by atoms with van der Waals surface area (Å²) in [4.78, 5) is 10.8. The van der Waals surface area contributed by atoms with Crippen molar-refractivity contribution in [1.82, 2.24) is 10.2 Å². The zero-order chi connectivity index (χ0) is 13.3. The summed E-state index contributed by atoms with van der Waals surface area (Å²) in [5.74, 6) is -0.924. The third kappa shape index (κ3) is 2.04. The molecule has 18 heavy (non-hydrogen) atoms. The minimum Gasteiger partial charge on any atom is -0.504 e. The van der Waals surface area contributed by atoms with Crippen LogP contribution in [0.25, 0.3) is 11.3 Å². The van der Waals surface area contributed by atoms with Gasteiger partial charge in [-0.3, -0.25) is 5.10 Å². The Hall–Kier alpha value is -2.02. The van der Waals surface area contributed by atoms with Crippen molar-refractivity contribution < 1.29 is 19.7 Å². The lowest BCUT2D eigenvalue weighted by Gasteiger charge is -2.09. The number of nitrogens with zero attached hydrogens (tertiary/aromatic N) is 1. The van der Waals surface area contributed by atoms with Gasteiger partial charge in [0, 0.05) is 4.47 Å². The van der Waals surface area contributed by atoms with Gasteiger partial charge < -0.3 is 14.9 Å². The number of methoxy groups -OCH3 is 1. The number of ether oxygens (including phenoxy) is 1. The number of aromatic hydroxyl groups is 1. The van der Waals surface area contributed by atoms with Crippen molar-refractivity contribution >= 4 is 21.9 Å². The van der Waals surface area contributed by atoms with Crippen LogP contribution in [0.4, 0.5) is 0 Å². The molecular formula is C11H9BrN2O4. The zero-order valence-electron chi connectivity index (χ0n) is 9.27. The van der Waals surface area contributed by atoms with Gasteiger partial charge in [-0.2, -0.15) is 5.10 Å². The number of aromatic amines is 1. The van der Waals surface area contributed by atoms with Gasteiger partial charge in [0.1, 0.15) is 5.69 Å². The van der Waals surface area contributed by atoms with Crippen molar-refractivity contribution in [3.8, 4) is 22.8 Å². The number of rotatable bonds is 3. The van der Waals surface area contributed by atoms with Gasteiger partial charge in [-0.25, -0.2) is 4.79 Å². The molecule has 3 N–H and O–H groups in total. The number of hydrogen-bond acceptors (Lipinski definition) is 4. The predicted octanol–water partition coefficient (Wildman–Crippen LogP) is 2.25. The molecule has 2 aromatic rings. The summed E-state index contributed by atoms with van der Waals surface area (Å²) in [6.45, 7) is 0. The number of aromatic carboxylic acids is 1. The number of benzene rings is 1. The number of phenols is 1. The van der Waals surface area contributed by atoms with E-state index in [0.717, 1.165) is 0 Å². The lowest BCUT2D eigenvalue weighted by Crippen LogP contribution is -1.95.